The zero-order valence-electron chi connectivity index (χ0n) is 16.7. The van der Waals surface area contributed by atoms with E-state index in [2.05, 4.69) is 69.0 Å². The van der Waals surface area contributed by atoms with Gasteiger partial charge < -0.3 is 0 Å². The first-order valence-corrected chi connectivity index (χ1v) is 9.91. The van der Waals surface area contributed by atoms with Crippen LogP contribution in [0.1, 0.15) is 48.1 Å². The van der Waals surface area contributed by atoms with Gasteiger partial charge in [0.05, 0.1) is 0 Å². The summed E-state index contributed by atoms with van der Waals surface area (Å²) in [6.45, 7) is 10.2. The predicted molar refractivity (Wildman–Crippen MR) is 120 cm³/mol. The molecule has 1 aliphatic rings. The summed E-state index contributed by atoms with van der Waals surface area (Å²) in [7, 11) is 0. The van der Waals surface area contributed by atoms with Crippen LogP contribution in [0.3, 0.4) is 0 Å². The maximum atomic E-state index is 14.3. The fourth-order valence-electron chi connectivity index (χ4n) is 4.35. The molecule has 0 amide bonds. The lowest BCUT2D eigenvalue weighted by atomic mass is 9.83. The van der Waals surface area contributed by atoms with Crippen LogP contribution in [-0.2, 0) is 0 Å². The van der Waals surface area contributed by atoms with Gasteiger partial charge >= 0.3 is 0 Å². The molecule has 0 saturated carbocycles. The highest BCUT2D eigenvalue weighted by molar-refractivity contribution is 6.00. The zero-order valence-corrected chi connectivity index (χ0v) is 16.7. The van der Waals surface area contributed by atoms with E-state index in [1.807, 2.05) is 13.0 Å². The summed E-state index contributed by atoms with van der Waals surface area (Å²) in [5.41, 5.74) is 7.62. The van der Waals surface area contributed by atoms with Gasteiger partial charge in [0.1, 0.15) is 5.82 Å². The third-order valence-corrected chi connectivity index (χ3v) is 5.86. The highest BCUT2D eigenvalue weighted by Crippen LogP contribution is 2.41. The van der Waals surface area contributed by atoms with Crippen molar-refractivity contribution in [2.75, 3.05) is 0 Å². The molecule has 0 spiro atoms. The van der Waals surface area contributed by atoms with Gasteiger partial charge in [0.25, 0.3) is 0 Å². The molecule has 0 fully saturated rings. The minimum atomic E-state index is -0.184. The number of halogens is 1. The van der Waals surface area contributed by atoms with Crippen LogP contribution in [0, 0.1) is 18.7 Å². The average Bonchev–Trinajstić information content (AvgIpc) is 2.85. The van der Waals surface area contributed by atoms with Crippen molar-refractivity contribution in [1.29, 1.82) is 0 Å². The molecular weight excluding hydrogens is 343 g/mol. The summed E-state index contributed by atoms with van der Waals surface area (Å²) in [5.74, 6) is 0.130. The van der Waals surface area contributed by atoms with E-state index in [-0.39, 0.29) is 5.82 Å². The number of rotatable bonds is 3. The lowest BCUT2D eigenvalue weighted by Crippen LogP contribution is -2.03. The Balaban J connectivity index is 2.13. The average molecular weight is 368 g/mol. The van der Waals surface area contributed by atoms with Gasteiger partial charge in [-0.25, -0.2) is 4.39 Å². The van der Waals surface area contributed by atoms with E-state index < -0.39 is 0 Å². The van der Waals surface area contributed by atoms with Gasteiger partial charge in [0, 0.05) is 0 Å². The van der Waals surface area contributed by atoms with E-state index in [9.17, 15) is 4.39 Å². The third-order valence-electron chi connectivity index (χ3n) is 5.86. The third kappa shape index (κ3) is 2.92. The Morgan fingerprint density at radius 2 is 1.86 bits per heavy atom. The summed E-state index contributed by atoms with van der Waals surface area (Å²) < 4.78 is 14.3. The van der Waals surface area contributed by atoms with Gasteiger partial charge in [-0.3, -0.25) is 0 Å². The Kier molecular flexibility index (Phi) is 4.77. The van der Waals surface area contributed by atoms with Crippen molar-refractivity contribution in [2.45, 2.75) is 27.2 Å². The Labute approximate surface area is 166 Å². The zero-order chi connectivity index (χ0) is 19.8. The van der Waals surface area contributed by atoms with E-state index in [1.165, 1.54) is 33.0 Å². The molecule has 28 heavy (non-hydrogen) atoms. The van der Waals surface area contributed by atoms with Gasteiger partial charge in [-0.05, 0) is 75.6 Å². The molecule has 1 atom stereocenters. The normalized spacial score (nSPS) is 16.2. The summed E-state index contributed by atoms with van der Waals surface area (Å²) in [4.78, 5) is 0. The van der Waals surface area contributed by atoms with Crippen LogP contribution < -0.4 is 0 Å². The molecule has 1 heteroatoms. The second-order valence-corrected chi connectivity index (χ2v) is 7.54. The molecule has 3 aromatic carbocycles. The second-order valence-electron chi connectivity index (χ2n) is 7.54. The van der Waals surface area contributed by atoms with Gasteiger partial charge in [-0.15, -0.1) is 0 Å². The molecule has 0 radical (unpaired) electrons. The summed E-state index contributed by atoms with van der Waals surface area (Å²) in [6, 6.07) is 16.5. The van der Waals surface area contributed by atoms with Gasteiger partial charge in [-0.2, -0.15) is 0 Å². The first kappa shape index (κ1) is 18.4. The molecule has 140 valence electrons. The van der Waals surface area contributed by atoms with E-state index in [1.54, 1.807) is 12.1 Å². The van der Waals surface area contributed by atoms with Gasteiger partial charge in [0.2, 0.25) is 0 Å². The number of allylic oxidation sites excluding steroid dienone is 2. The van der Waals surface area contributed by atoms with Crippen molar-refractivity contribution in [3.63, 3.8) is 0 Å². The van der Waals surface area contributed by atoms with E-state index in [0.717, 1.165) is 17.5 Å². The van der Waals surface area contributed by atoms with E-state index >= 15 is 0 Å². The molecule has 0 aromatic heterocycles. The number of hydrogen-bond acceptors (Lipinski definition) is 0. The standard InChI is InChI=1S/C27H25F/c1-5-19-16-26(28)18(4)15-25(19)27-21(6-2)17(3)11-13-23-22-10-8-7-9-20(22)12-14-24(23)27/h5,7-17H,1,6H2,2-4H3. The van der Waals surface area contributed by atoms with Crippen molar-refractivity contribution >= 4 is 28.5 Å². The Hall–Kier alpha value is -2.93. The molecule has 0 aliphatic heterocycles. The molecule has 0 nitrogen and oxygen atoms in total. The minimum Gasteiger partial charge on any atom is -0.207 e. The maximum Gasteiger partial charge on any atom is 0.126 e. The molecule has 1 unspecified atom stereocenters. The van der Waals surface area contributed by atoms with Crippen LogP contribution in [0.4, 0.5) is 4.39 Å². The van der Waals surface area contributed by atoms with Crippen LogP contribution in [-0.4, -0.2) is 0 Å². The summed E-state index contributed by atoms with van der Waals surface area (Å²) in [5, 5.41) is 2.48. The fourth-order valence-corrected chi connectivity index (χ4v) is 4.35. The Bertz CT molecular complexity index is 1140. The molecule has 0 heterocycles. The Morgan fingerprint density at radius 1 is 1.07 bits per heavy atom. The van der Waals surface area contributed by atoms with Crippen LogP contribution in [0.25, 0.3) is 28.5 Å². The van der Waals surface area contributed by atoms with Crippen molar-refractivity contribution in [3.05, 3.63) is 100 Å². The van der Waals surface area contributed by atoms with E-state index in [0.29, 0.717) is 11.5 Å². The molecule has 0 saturated heterocycles. The number of fused-ring (bicyclic) bond motifs is 3. The van der Waals surface area contributed by atoms with Gasteiger partial charge in [0.15, 0.2) is 0 Å². The summed E-state index contributed by atoms with van der Waals surface area (Å²) >= 11 is 0. The first-order chi connectivity index (χ1) is 13.5. The molecule has 0 bridgehead atoms. The quantitative estimate of drug-likeness (QED) is 0.442. The lowest BCUT2D eigenvalue weighted by Gasteiger charge is -2.21. The summed E-state index contributed by atoms with van der Waals surface area (Å²) in [6.07, 6.45) is 7.26. The smallest absolute Gasteiger partial charge is 0.126 e. The molecule has 4 rings (SSSR count). The van der Waals surface area contributed by atoms with Crippen molar-refractivity contribution in [2.24, 2.45) is 5.92 Å². The molecule has 1 aliphatic carbocycles. The second kappa shape index (κ2) is 7.24. The van der Waals surface area contributed by atoms with Crippen molar-refractivity contribution < 1.29 is 4.39 Å². The molecule has 0 N–H and O–H groups in total. The predicted octanol–water partition coefficient (Wildman–Crippen LogP) is 7.81. The number of aryl methyl sites for hydroxylation is 1. The molecule has 3 aromatic rings. The monoisotopic (exact) mass is 368 g/mol. The van der Waals surface area contributed by atoms with Crippen molar-refractivity contribution in [3.8, 4) is 0 Å². The number of hydrogen-bond donors (Lipinski definition) is 0. The van der Waals surface area contributed by atoms with Crippen LogP contribution >= 0.6 is 0 Å². The van der Waals surface area contributed by atoms with Crippen molar-refractivity contribution in [1.82, 2.24) is 0 Å². The highest BCUT2D eigenvalue weighted by atomic mass is 19.1. The van der Waals surface area contributed by atoms with E-state index in [4.69, 9.17) is 0 Å². The van der Waals surface area contributed by atoms with Gasteiger partial charge in [-0.1, -0.05) is 80.6 Å². The topological polar surface area (TPSA) is 0 Å². The Morgan fingerprint density at radius 3 is 2.61 bits per heavy atom. The molecular formula is C27H25F. The number of benzene rings is 3. The van der Waals surface area contributed by atoms with Crippen LogP contribution in [0.2, 0.25) is 0 Å². The maximum absolute atomic E-state index is 14.3. The van der Waals surface area contributed by atoms with Crippen LogP contribution in [0.5, 0.6) is 0 Å². The minimum absolute atomic E-state index is 0.184. The highest BCUT2D eigenvalue weighted by Gasteiger charge is 2.23. The largest absolute Gasteiger partial charge is 0.207 e. The lowest BCUT2D eigenvalue weighted by molar-refractivity contribution is 0.618. The SMILES string of the molecule is C=Cc1cc(F)c(C)cc1C1=C(CC)C(C)C=Cc2c1ccc1ccccc21. The van der Waals surface area contributed by atoms with Crippen LogP contribution in [0.15, 0.2) is 66.8 Å². The fraction of sp³-hybridized carbons (Fsp3) is 0.185. The first-order valence-electron chi connectivity index (χ1n) is 9.91.